The van der Waals surface area contributed by atoms with E-state index in [0.717, 1.165) is 11.1 Å². The highest BCUT2D eigenvalue weighted by Gasteiger charge is 2.19. The van der Waals surface area contributed by atoms with Crippen LogP contribution in [0.25, 0.3) is 0 Å². The number of amides is 1. The van der Waals surface area contributed by atoms with Crippen LogP contribution in [0, 0.1) is 10.1 Å². The summed E-state index contributed by atoms with van der Waals surface area (Å²) in [6.45, 7) is 2.24. The number of hydrogen-bond donors (Lipinski definition) is 1. The molecule has 3 aromatic rings. The molecule has 0 spiro atoms. The minimum Gasteiger partial charge on any atom is -0.358 e. The Morgan fingerprint density at radius 2 is 1.89 bits per heavy atom. The number of nitrogens with one attached hydrogen (secondary N) is 1. The fourth-order valence-corrected chi connectivity index (χ4v) is 2.86. The standard InChI is InChI=1S/C19H17ClN4O3/c1-13(15-5-3-2-4-6-15)21-19(25)16-9-7-14(8-10-16)11-23-12-17(20)18(22-23)24(26)27/h2-10,12-13H,11H2,1H3,(H,21,25)/t13-/m1/s1. The zero-order valence-corrected chi connectivity index (χ0v) is 15.3. The quantitative estimate of drug-likeness (QED) is 0.514. The van der Waals surface area contributed by atoms with Gasteiger partial charge in [0.05, 0.1) is 23.9 Å². The van der Waals surface area contributed by atoms with Gasteiger partial charge in [0.25, 0.3) is 5.91 Å². The first-order chi connectivity index (χ1) is 12.9. The van der Waals surface area contributed by atoms with Crippen LogP contribution in [0.1, 0.15) is 34.5 Å². The van der Waals surface area contributed by atoms with Gasteiger partial charge in [-0.1, -0.05) is 54.1 Å². The molecule has 1 aromatic heterocycles. The molecule has 1 atom stereocenters. The molecule has 0 fully saturated rings. The highest BCUT2D eigenvalue weighted by Crippen LogP contribution is 2.22. The Morgan fingerprint density at radius 3 is 2.48 bits per heavy atom. The summed E-state index contributed by atoms with van der Waals surface area (Å²) >= 11 is 5.79. The molecule has 8 heteroatoms. The van der Waals surface area contributed by atoms with Crippen LogP contribution < -0.4 is 5.32 Å². The summed E-state index contributed by atoms with van der Waals surface area (Å²) in [5.74, 6) is -0.543. The van der Waals surface area contributed by atoms with E-state index in [2.05, 4.69) is 10.4 Å². The van der Waals surface area contributed by atoms with E-state index < -0.39 is 4.92 Å². The van der Waals surface area contributed by atoms with Crippen LogP contribution in [0.4, 0.5) is 5.82 Å². The molecule has 2 aromatic carbocycles. The Hall–Kier alpha value is -3.19. The summed E-state index contributed by atoms with van der Waals surface area (Å²) in [7, 11) is 0. The van der Waals surface area contributed by atoms with E-state index in [0.29, 0.717) is 12.1 Å². The smallest absolute Gasteiger partial charge is 0.358 e. The number of rotatable bonds is 6. The molecular weight excluding hydrogens is 368 g/mol. The highest BCUT2D eigenvalue weighted by molar-refractivity contribution is 6.32. The Balaban J connectivity index is 1.65. The minimum absolute atomic E-state index is 0.00843. The third-order valence-electron chi connectivity index (χ3n) is 4.08. The van der Waals surface area contributed by atoms with Gasteiger partial charge in [-0.15, -0.1) is 0 Å². The highest BCUT2D eigenvalue weighted by atomic mass is 35.5. The lowest BCUT2D eigenvalue weighted by molar-refractivity contribution is -0.389. The number of carbonyl (C=O) groups is 1. The lowest BCUT2D eigenvalue weighted by atomic mass is 10.1. The SMILES string of the molecule is C[C@@H](NC(=O)c1ccc(Cn2cc(Cl)c([N+](=O)[O-])n2)cc1)c1ccccc1. The lowest BCUT2D eigenvalue weighted by Crippen LogP contribution is -2.26. The molecule has 27 heavy (non-hydrogen) atoms. The molecule has 1 amide bonds. The normalized spacial score (nSPS) is 11.8. The van der Waals surface area contributed by atoms with E-state index in [1.807, 2.05) is 37.3 Å². The summed E-state index contributed by atoms with van der Waals surface area (Å²) < 4.78 is 1.40. The van der Waals surface area contributed by atoms with Gasteiger partial charge >= 0.3 is 5.82 Å². The molecule has 1 N–H and O–H groups in total. The largest absolute Gasteiger partial charge is 0.408 e. The molecule has 0 aliphatic heterocycles. The zero-order chi connectivity index (χ0) is 19.4. The van der Waals surface area contributed by atoms with Gasteiger partial charge in [0.2, 0.25) is 0 Å². The third kappa shape index (κ3) is 4.51. The molecule has 138 valence electrons. The Kier molecular flexibility index (Phi) is 5.52. The number of benzene rings is 2. The summed E-state index contributed by atoms with van der Waals surface area (Å²) in [6, 6.07) is 16.6. The van der Waals surface area contributed by atoms with Crippen molar-refractivity contribution in [3.63, 3.8) is 0 Å². The van der Waals surface area contributed by atoms with Gasteiger partial charge in [-0.25, -0.2) is 0 Å². The maximum absolute atomic E-state index is 12.4. The van der Waals surface area contributed by atoms with Crippen LogP contribution in [0.3, 0.4) is 0 Å². The minimum atomic E-state index is -0.625. The van der Waals surface area contributed by atoms with Crippen molar-refractivity contribution < 1.29 is 9.72 Å². The van der Waals surface area contributed by atoms with Crippen molar-refractivity contribution in [2.45, 2.75) is 19.5 Å². The summed E-state index contributed by atoms with van der Waals surface area (Å²) in [5, 5.41) is 17.6. The van der Waals surface area contributed by atoms with Crippen LogP contribution >= 0.6 is 11.6 Å². The molecule has 0 aliphatic carbocycles. The second-order valence-corrected chi connectivity index (χ2v) is 6.47. The van der Waals surface area contributed by atoms with Gasteiger partial charge in [-0.2, -0.15) is 4.68 Å². The Bertz CT molecular complexity index is 955. The number of carbonyl (C=O) groups excluding carboxylic acids is 1. The first-order valence-corrected chi connectivity index (χ1v) is 8.64. The predicted molar refractivity (Wildman–Crippen MR) is 102 cm³/mol. The van der Waals surface area contributed by atoms with Crippen molar-refractivity contribution in [2.75, 3.05) is 0 Å². The topological polar surface area (TPSA) is 90.1 Å². The van der Waals surface area contributed by atoms with E-state index in [1.54, 1.807) is 24.3 Å². The number of nitrogens with zero attached hydrogens (tertiary/aromatic N) is 3. The van der Waals surface area contributed by atoms with Crippen molar-refractivity contribution in [3.05, 3.63) is 92.6 Å². The molecule has 7 nitrogen and oxygen atoms in total. The fourth-order valence-electron chi connectivity index (χ4n) is 2.65. The lowest BCUT2D eigenvalue weighted by Gasteiger charge is -2.14. The second kappa shape index (κ2) is 8.01. The van der Waals surface area contributed by atoms with E-state index >= 15 is 0 Å². The third-order valence-corrected chi connectivity index (χ3v) is 4.35. The van der Waals surface area contributed by atoms with E-state index in [9.17, 15) is 14.9 Å². The van der Waals surface area contributed by atoms with E-state index in [4.69, 9.17) is 11.6 Å². The van der Waals surface area contributed by atoms with Crippen molar-refractivity contribution in [2.24, 2.45) is 0 Å². The van der Waals surface area contributed by atoms with Crippen molar-refractivity contribution in [3.8, 4) is 0 Å². The van der Waals surface area contributed by atoms with Crippen molar-refractivity contribution in [1.82, 2.24) is 15.1 Å². The van der Waals surface area contributed by atoms with Crippen LogP contribution in [-0.4, -0.2) is 20.6 Å². The van der Waals surface area contributed by atoms with Gasteiger partial charge < -0.3 is 15.4 Å². The zero-order valence-electron chi connectivity index (χ0n) is 14.5. The van der Waals surface area contributed by atoms with Crippen molar-refractivity contribution >= 4 is 23.3 Å². The first kappa shape index (κ1) is 18.6. The molecule has 0 aliphatic rings. The maximum Gasteiger partial charge on any atom is 0.408 e. The summed E-state index contributed by atoms with van der Waals surface area (Å²) in [4.78, 5) is 22.6. The molecule has 0 unspecified atom stereocenters. The second-order valence-electron chi connectivity index (χ2n) is 6.06. The molecule has 0 saturated carbocycles. The Labute approximate surface area is 160 Å². The van der Waals surface area contributed by atoms with Gasteiger partial charge in [0.1, 0.15) is 0 Å². The molecule has 0 bridgehead atoms. The first-order valence-electron chi connectivity index (χ1n) is 8.26. The predicted octanol–water partition coefficient (Wildman–Crippen LogP) is 3.98. The number of aromatic nitrogens is 2. The van der Waals surface area contributed by atoms with Gasteiger partial charge in [0.15, 0.2) is 5.02 Å². The Morgan fingerprint density at radius 1 is 1.22 bits per heavy atom. The molecule has 3 rings (SSSR count). The number of hydrogen-bond acceptors (Lipinski definition) is 4. The molecule has 0 radical (unpaired) electrons. The summed E-state index contributed by atoms with van der Waals surface area (Å²) in [5.41, 5.74) is 2.40. The number of halogens is 1. The van der Waals surface area contributed by atoms with Crippen molar-refractivity contribution in [1.29, 1.82) is 0 Å². The maximum atomic E-state index is 12.4. The number of nitro groups is 1. The molecular formula is C19H17ClN4O3. The monoisotopic (exact) mass is 384 g/mol. The van der Waals surface area contributed by atoms with E-state index in [-0.39, 0.29) is 22.8 Å². The van der Waals surface area contributed by atoms with E-state index in [1.165, 1.54) is 10.9 Å². The average molecular weight is 385 g/mol. The van der Waals surface area contributed by atoms with Gasteiger partial charge in [-0.3, -0.25) is 4.79 Å². The van der Waals surface area contributed by atoms with Crippen LogP contribution in [0.2, 0.25) is 5.02 Å². The van der Waals surface area contributed by atoms with Crippen LogP contribution in [0.15, 0.2) is 60.8 Å². The summed E-state index contributed by atoms with van der Waals surface area (Å²) in [6.07, 6.45) is 1.40. The van der Waals surface area contributed by atoms with Crippen LogP contribution in [0.5, 0.6) is 0 Å². The molecule has 1 heterocycles. The van der Waals surface area contributed by atoms with Crippen LogP contribution in [-0.2, 0) is 6.54 Å². The van der Waals surface area contributed by atoms with Gasteiger partial charge in [0, 0.05) is 5.56 Å². The average Bonchev–Trinajstić information content (AvgIpc) is 3.03. The van der Waals surface area contributed by atoms with Gasteiger partial charge in [-0.05, 0) is 35.1 Å². The molecule has 0 saturated heterocycles. The fraction of sp³-hybridized carbons (Fsp3) is 0.158.